The highest BCUT2D eigenvalue weighted by atomic mass is 35.6. The Morgan fingerprint density at radius 2 is 1.50 bits per heavy atom. The van der Waals surface area contributed by atoms with Gasteiger partial charge in [-0.05, 0) is 50.4 Å². The Kier molecular flexibility index (Phi) is 14.1. The van der Waals surface area contributed by atoms with E-state index in [0.29, 0.717) is 5.92 Å². The molecule has 1 unspecified atom stereocenters. The monoisotopic (exact) mass is 436 g/mol. The highest BCUT2D eigenvalue weighted by Crippen LogP contribution is 2.40. The number of anilines is 1. The molecule has 2 nitrogen and oxygen atoms in total. The molecule has 7 heteroatoms. The molecule has 0 aliphatic rings. The third-order valence-electron chi connectivity index (χ3n) is 3.75. The van der Waals surface area contributed by atoms with Gasteiger partial charge < -0.3 is 10.2 Å². The van der Waals surface area contributed by atoms with Crippen molar-refractivity contribution in [2.75, 3.05) is 24.5 Å². The largest absolute Gasteiger partial charge is 0.372 e. The summed E-state index contributed by atoms with van der Waals surface area (Å²) >= 11 is 18.5. The standard InChI is InChI=1S/C17H27Cl3N2.2ClH/c1-5-22(6-2)15-9-7-14(8-10-15)16(17(18,19)20)21-12-11-13(3)4;;/h7-10,13,16,21H,5-6,11-12H2,1-4H3;2*1H. The lowest BCUT2D eigenvalue weighted by Gasteiger charge is -2.27. The zero-order chi connectivity index (χ0) is 16.8. The fourth-order valence-electron chi connectivity index (χ4n) is 2.41. The molecule has 0 fully saturated rings. The van der Waals surface area contributed by atoms with Crippen molar-refractivity contribution in [2.24, 2.45) is 5.92 Å². The topological polar surface area (TPSA) is 15.3 Å². The zero-order valence-corrected chi connectivity index (χ0v) is 18.6. The van der Waals surface area contributed by atoms with E-state index in [2.05, 4.69) is 50.0 Å². The van der Waals surface area contributed by atoms with Crippen LogP contribution in [-0.2, 0) is 0 Å². The van der Waals surface area contributed by atoms with Gasteiger partial charge >= 0.3 is 0 Å². The summed E-state index contributed by atoms with van der Waals surface area (Å²) in [6, 6.07) is 7.97. The van der Waals surface area contributed by atoms with Gasteiger partial charge in [0.25, 0.3) is 0 Å². The highest BCUT2D eigenvalue weighted by molar-refractivity contribution is 6.68. The van der Waals surface area contributed by atoms with Crippen molar-refractivity contribution in [3.63, 3.8) is 0 Å². The van der Waals surface area contributed by atoms with Gasteiger partial charge in [-0.25, -0.2) is 0 Å². The van der Waals surface area contributed by atoms with E-state index in [1.807, 2.05) is 12.1 Å². The molecule has 1 rings (SSSR count). The van der Waals surface area contributed by atoms with E-state index < -0.39 is 3.79 Å². The summed E-state index contributed by atoms with van der Waals surface area (Å²) in [5, 5.41) is 3.37. The number of rotatable bonds is 8. The Balaban J connectivity index is 0. The molecule has 142 valence electrons. The SMILES string of the molecule is CCN(CC)c1ccc(C(NCCC(C)C)C(Cl)(Cl)Cl)cc1.Cl.Cl. The average Bonchev–Trinajstić information content (AvgIpc) is 2.44. The summed E-state index contributed by atoms with van der Waals surface area (Å²) < 4.78 is -1.37. The second-order valence-corrected chi connectivity index (χ2v) is 8.24. The molecule has 0 aromatic heterocycles. The number of hydrogen-bond donors (Lipinski definition) is 1. The van der Waals surface area contributed by atoms with E-state index in [-0.39, 0.29) is 30.9 Å². The molecule has 0 radical (unpaired) electrons. The van der Waals surface area contributed by atoms with Crippen molar-refractivity contribution >= 4 is 65.3 Å². The van der Waals surface area contributed by atoms with Gasteiger partial charge in [-0.1, -0.05) is 60.8 Å². The van der Waals surface area contributed by atoms with Crippen LogP contribution in [0.25, 0.3) is 0 Å². The zero-order valence-electron chi connectivity index (χ0n) is 14.7. The Morgan fingerprint density at radius 1 is 1.00 bits per heavy atom. The molecule has 0 saturated carbocycles. The van der Waals surface area contributed by atoms with Gasteiger partial charge in [-0.15, -0.1) is 24.8 Å². The van der Waals surface area contributed by atoms with Gasteiger partial charge in [0, 0.05) is 18.8 Å². The number of nitrogens with one attached hydrogen (secondary N) is 1. The highest BCUT2D eigenvalue weighted by Gasteiger charge is 2.33. The summed E-state index contributed by atoms with van der Waals surface area (Å²) in [5.74, 6) is 0.619. The quantitative estimate of drug-likeness (QED) is 0.471. The maximum absolute atomic E-state index is 6.16. The van der Waals surface area contributed by atoms with Gasteiger partial charge in [-0.2, -0.15) is 0 Å². The van der Waals surface area contributed by atoms with Crippen molar-refractivity contribution in [2.45, 2.75) is 44.0 Å². The van der Waals surface area contributed by atoms with Crippen LogP contribution in [0.15, 0.2) is 24.3 Å². The van der Waals surface area contributed by atoms with Gasteiger partial charge in [0.05, 0.1) is 6.04 Å². The van der Waals surface area contributed by atoms with Gasteiger partial charge in [0.15, 0.2) is 0 Å². The molecule has 0 spiro atoms. The summed E-state index contributed by atoms with van der Waals surface area (Å²) in [7, 11) is 0. The van der Waals surface area contributed by atoms with Crippen LogP contribution in [0.4, 0.5) is 5.69 Å². The normalized spacial score (nSPS) is 12.3. The Labute approximate surface area is 174 Å². The molecule has 0 saturated heterocycles. The lowest BCUT2D eigenvalue weighted by atomic mass is 10.1. The second-order valence-electron chi connectivity index (χ2n) is 5.88. The molecule has 0 amide bonds. The maximum Gasteiger partial charge on any atom is 0.209 e. The summed E-state index contributed by atoms with van der Waals surface area (Å²) in [5.41, 5.74) is 2.19. The van der Waals surface area contributed by atoms with Crippen LogP contribution in [-0.4, -0.2) is 23.4 Å². The van der Waals surface area contributed by atoms with Crippen LogP contribution in [0.5, 0.6) is 0 Å². The van der Waals surface area contributed by atoms with Crippen LogP contribution in [0, 0.1) is 5.92 Å². The van der Waals surface area contributed by atoms with E-state index in [9.17, 15) is 0 Å². The Morgan fingerprint density at radius 3 is 1.88 bits per heavy atom. The molecule has 1 atom stereocenters. The van der Waals surface area contributed by atoms with E-state index >= 15 is 0 Å². The Hall–Kier alpha value is 0.430. The van der Waals surface area contributed by atoms with Gasteiger partial charge in [0.1, 0.15) is 0 Å². The van der Waals surface area contributed by atoms with Crippen LogP contribution in [0.1, 0.15) is 45.7 Å². The van der Waals surface area contributed by atoms with Gasteiger partial charge in [-0.3, -0.25) is 0 Å². The molecule has 0 aliphatic carbocycles. The predicted octanol–water partition coefficient (Wildman–Crippen LogP) is 6.42. The van der Waals surface area contributed by atoms with E-state index in [4.69, 9.17) is 34.8 Å². The number of nitrogens with zero attached hydrogens (tertiary/aromatic N) is 1. The number of halogens is 5. The molecule has 1 aromatic carbocycles. The first-order valence-corrected chi connectivity index (χ1v) is 9.08. The molecular formula is C17H29Cl5N2. The molecular weight excluding hydrogens is 409 g/mol. The lowest BCUT2D eigenvalue weighted by Crippen LogP contribution is -2.33. The van der Waals surface area contributed by atoms with Gasteiger partial charge in [0.2, 0.25) is 3.79 Å². The molecule has 0 bridgehead atoms. The third kappa shape index (κ3) is 8.69. The Bertz CT molecular complexity index is 428. The van der Waals surface area contributed by atoms with Crippen molar-refractivity contribution in [3.8, 4) is 0 Å². The third-order valence-corrected chi connectivity index (χ3v) is 4.41. The first-order valence-electron chi connectivity index (χ1n) is 7.94. The van der Waals surface area contributed by atoms with E-state index in [0.717, 1.165) is 31.6 Å². The number of alkyl halides is 3. The summed E-state index contributed by atoms with van der Waals surface area (Å²) in [4.78, 5) is 2.29. The fraction of sp³-hybridized carbons (Fsp3) is 0.647. The summed E-state index contributed by atoms with van der Waals surface area (Å²) in [6.45, 7) is 11.5. The molecule has 0 aliphatic heterocycles. The predicted molar refractivity (Wildman–Crippen MR) is 115 cm³/mol. The van der Waals surface area contributed by atoms with Crippen molar-refractivity contribution < 1.29 is 0 Å². The van der Waals surface area contributed by atoms with Crippen LogP contribution in [0.2, 0.25) is 0 Å². The lowest BCUT2D eigenvalue weighted by molar-refractivity contribution is 0.481. The fourth-order valence-corrected chi connectivity index (χ4v) is 3.01. The minimum Gasteiger partial charge on any atom is -0.372 e. The van der Waals surface area contributed by atoms with Crippen molar-refractivity contribution in [3.05, 3.63) is 29.8 Å². The van der Waals surface area contributed by atoms with Crippen LogP contribution in [0.3, 0.4) is 0 Å². The number of benzene rings is 1. The molecule has 0 heterocycles. The van der Waals surface area contributed by atoms with E-state index in [1.54, 1.807) is 0 Å². The molecule has 1 aromatic rings. The first kappa shape index (κ1) is 26.7. The van der Waals surface area contributed by atoms with E-state index in [1.165, 1.54) is 5.69 Å². The average molecular weight is 439 g/mol. The second kappa shape index (κ2) is 12.7. The number of hydrogen-bond acceptors (Lipinski definition) is 2. The first-order chi connectivity index (χ1) is 10.3. The molecule has 24 heavy (non-hydrogen) atoms. The smallest absolute Gasteiger partial charge is 0.209 e. The molecule has 1 N–H and O–H groups in total. The van der Waals surface area contributed by atoms with Crippen molar-refractivity contribution in [1.29, 1.82) is 0 Å². The summed E-state index contributed by atoms with van der Waals surface area (Å²) in [6.07, 6.45) is 1.05. The minimum atomic E-state index is -1.37. The maximum atomic E-state index is 6.16. The van der Waals surface area contributed by atoms with Crippen molar-refractivity contribution in [1.82, 2.24) is 5.32 Å². The van der Waals surface area contributed by atoms with Crippen LogP contribution >= 0.6 is 59.6 Å². The van der Waals surface area contributed by atoms with Crippen LogP contribution < -0.4 is 10.2 Å². The minimum absolute atomic E-state index is 0.